The van der Waals surface area contributed by atoms with Crippen LogP contribution in [0.2, 0.25) is 0 Å². The van der Waals surface area contributed by atoms with Gasteiger partial charge >= 0.3 is 0 Å². The Bertz CT molecular complexity index is 278. The summed E-state index contributed by atoms with van der Waals surface area (Å²) in [7, 11) is 0. The monoisotopic (exact) mass is 193 g/mol. The molecule has 3 heteroatoms. The minimum Gasteiger partial charge on any atom is -0.465 e. The van der Waals surface area contributed by atoms with Crippen LogP contribution in [0.15, 0.2) is 24.3 Å². The Labute approximate surface area is 83.8 Å². The van der Waals surface area contributed by atoms with Crippen LogP contribution in [-0.4, -0.2) is 12.9 Å². The summed E-state index contributed by atoms with van der Waals surface area (Å²) < 4.78 is 11.1. The summed E-state index contributed by atoms with van der Waals surface area (Å²) in [5, 5.41) is 0. The third-order valence-electron chi connectivity index (χ3n) is 2.29. The van der Waals surface area contributed by atoms with Crippen molar-refractivity contribution in [2.45, 2.75) is 25.6 Å². The van der Waals surface area contributed by atoms with Gasteiger partial charge in [0.1, 0.15) is 5.75 Å². The summed E-state index contributed by atoms with van der Waals surface area (Å²) >= 11 is 0. The van der Waals surface area contributed by atoms with Gasteiger partial charge in [-0.2, -0.15) is 0 Å². The number of benzene rings is 1. The van der Waals surface area contributed by atoms with Crippen molar-refractivity contribution in [1.82, 2.24) is 0 Å². The largest absolute Gasteiger partial charge is 0.465 e. The van der Waals surface area contributed by atoms with Crippen LogP contribution in [-0.2, 0) is 4.74 Å². The standard InChI is InChI=1S/C11H15NO2/c12-9-4-6-10(7-5-9)14-11-3-1-2-8-13-11/h4-7,11H,1-3,8,12H2/t11-/m0/s1. The van der Waals surface area contributed by atoms with Crippen LogP contribution in [0, 0.1) is 0 Å². The molecule has 1 atom stereocenters. The molecule has 1 aromatic rings. The van der Waals surface area contributed by atoms with E-state index in [1.54, 1.807) is 0 Å². The lowest BCUT2D eigenvalue weighted by atomic mass is 10.2. The van der Waals surface area contributed by atoms with E-state index in [-0.39, 0.29) is 6.29 Å². The predicted molar refractivity (Wildman–Crippen MR) is 55.1 cm³/mol. The first-order valence-corrected chi connectivity index (χ1v) is 4.98. The van der Waals surface area contributed by atoms with E-state index in [0.29, 0.717) is 0 Å². The van der Waals surface area contributed by atoms with Gasteiger partial charge in [0.05, 0.1) is 6.61 Å². The zero-order chi connectivity index (χ0) is 9.80. The summed E-state index contributed by atoms with van der Waals surface area (Å²) in [4.78, 5) is 0. The quantitative estimate of drug-likeness (QED) is 0.732. The lowest BCUT2D eigenvalue weighted by Crippen LogP contribution is -2.24. The first-order chi connectivity index (χ1) is 6.84. The fraction of sp³-hybridized carbons (Fsp3) is 0.455. The van der Waals surface area contributed by atoms with Crippen molar-refractivity contribution < 1.29 is 9.47 Å². The Morgan fingerprint density at radius 1 is 1.21 bits per heavy atom. The zero-order valence-corrected chi connectivity index (χ0v) is 8.11. The molecule has 1 aromatic carbocycles. The maximum Gasteiger partial charge on any atom is 0.199 e. The minimum atomic E-state index is -0.0765. The molecule has 1 fully saturated rings. The Hall–Kier alpha value is -1.22. The van der Waals surface area contributed by atoms with E-state index in [1.807, 2.05) is 24.3 Å². The smallest absolute Gasteiger partial charge is 0.199 e. The van der Waals surface area contributed by atoms with Gasteiger partial charge in [-0.3, -0.25) is 0 Å². The van der Waals surface area contributed by atoms with Crippen molar-refractivity contribution in [3.63, 3.8) is 0 Å². The average molecular weight is 193 g/mol. The Kier molecular flexibility index (Phi) is 2.89. The van der Waals surface area contributed by atoms with Crippen LogP contribution in [0.4, 0.5) is 5.69 Å². The third-order valence-corrected chi connectivity index (χ3v) is 2.29. The molecule has 0 radical (unpaired) electrons. The first kappa shape index (κ1) is 9.34. The molecule has 0 amide bonds. The Balaban J connectivity index is 1.92. The van der Waals surface area contributed by atoms with Crippen molar-refractivity contribution in [3.05, 3.63) is 24.3 Å². The normalized spacial score (nSPS) is 21.9. The molecule has 0 spiro atoms. The van der Waals surface area contributed by atoms with E-state index < -0.39 is 0 Å². The number of ether oxygens (including phenoxy) is 2. The van der Waals surface area contributed by atoms with Crippen LogP contribution in [0.25, 0.3) is 0 Å². The summed E-state index contributed by atoms with van der Waals surface area (Å²) in [6.45, 7) is 0.805. The Morgan fingerprint density at radius 3 is 2.64 bits per heavy atom. The topological polar surface area (TPSA) is 44.5 Å². The summed E-state index contributed by atoms with van der Waals surface area (Å²) in [6.07, 6.45) is 3.22. The molecule has 3 nitrogen and oxygen atoms in total. The predicted octanol–water partition coefficient (Wildman–Crippen LogP) is 2.17. The second-order valence-corrected chi connectivity index (χ2v) is 3.48. The Morgan fingerprint density at radius 2 is 2.00 bits per heavy atom. The highest BCUT2D eigenvalue weighted by Gasteiger charge is 2.14. The average Bonchev–Trinajstić information content (AvgIpc) is 2.23. The minimum absolute atomic E-state index is 0.0765. The molecule has 0 aromatic heterocycles. The van der Waals surface area contributed by atoms with Crippen molar-refractivity contribution in [3.8, 4) is 5.75 Å². The number of rotatable bonds is 2. The van der Waals surface area contributed by atoms with E-state index in [9.17, 15) is 0 Å². The molecule has 1 saturated heterocycles. The van der Waals surface area contributed by atoms with Gasteiger partial charge in [-0.05, 0) is 37.1 Å². The summed E-state index contributed by atoms with van der Waals surface area (Å²) in [5.41, 5.74) is 6.32. The molecule has 1 aliphatic heterocycles. The molecule has 0 aliphatic carbocycles. The van der Waals surface area contributed by atoms with Gasteiger partial charge in [0.2, 0.25) is 0 Å². The van der Waals surface area contributed by atoms with Gasteiger partial charge in [0.25, 0.3) is 0 Å². The second-order valence-electron chi connectivity index (χ2n) is 3.48. The van der Waals surface area contributed by atoms with Crippen LogP contribution < -0.4 is 10.5 Å². The number of anilines is 1. The van der Waals surface area contributed by atoms with Gasteiger partial charge in [-0.25, -0.2) is 0 Å². The highest BCUT2D eigenvalue weighted by molar-refractivity contribution is 5.41. The van der Waals surface area contributed by atoms with Crippen LogP contribution in [0.3, 0.4) is 0 Å². The van der Waals surface area contributed by atoms with Crippen molar-refractivity contribution in [2.24, 2.45) is 0 Å². The second kappa shape index (κ2) is 4.33. The molecule has 2 N–H and O–H groups in total. The van der Waals surface area contributed by atoms with Gasteiger partial charge in [0.15, 0.2) is 6.29 Å². The van der Waals surface area contributed by atoms with Crippen LogP contribution in [0.5, 0.6) is 5.75 Å². The lowest BCUT2D eigenvalue weighted by Gasteiger charge is -2.23. The van der Waals surface area contributed by atoms with Gasteiger partial charge < -0.3 is 15.2 Å². The fourth-order valence-corrected chi connectivity index (χ4v) is 1.50. The van der Waals surface area contributed by atoms with Crippen LogP contribution >= 0.6 is 0 Å². The van der Waals surface area contributed by atoms with E-state index in [2.05, 4.69) is 0 Å². The number of hydrogen-bond acceptors (Lipinski definition) is 3. The molecule has 0 bridgehead atoms. The highest BCUT2D eigenvalue weighted by Crippen LogP contribution is 2.19. The highest BCUT2D eigenvalue weighted by atomic mass is 16.7. The molecule has 0 unspecified atom stereocenters. The molecule has 76 valence electrons. The van der Waals surface area contributed by atoms with Gasteiger partial charge in [0, 0.05) is 12.1 Å². The van der Waals surface area contributed by atoms with Gasteiger partial charge in [-0.15, -0.1) is 0 Å². The summed E-state index contributed by atoms with van der Waals surface area (Å²) in [6, 6.07) is 7.40. The lowest BCUT2D eigenvalue weighted by molar-refractivity contribution is -0.105. The molecule has 1 heterocycles. The SMILES string of the molecule is Nc1ccc(O[C@H]2CCCCO2)cc1. The van der Waals surface area contributed by atoms with Gasteiger partial charge in [-0.1, -0.05) is 0 Å². The van der Waals surface area contributed by atoms with E-state index >= 15 is 0 Å². The maximum atomic E-state index is 5.63. The van der Waals surface area contributed by atoms with E-state index in [0.717, 1.165) is 30.9 Å². The summed E-state index contributed by atoms with van der Waals surface area (Å²) in [5.74, 6) is 0.825. The molecule has 14 heavy (non-hydrogen) atoms. The van der Waals surface area contributed by atoms with Crippen LogP contribution in [0.1, 0.15) is 19.3 Å². The molecule has 1 aliphatic rings. The van der Waals surface area contributed by atoms with E-state index in [4.69, 9.17) is 15.2 Å². The van der Waals surface area contributed by atoms with E-state index in [1.165, 1.54) is 6.42 Å². The molecular weight excluding hydrogens is 178 g/mol. The number of hydrogen-bond donors (Lipinski definition) is 1. The maximum absolute atomic E-state index is 5.63. The zero-order valence-electron chi connectivity index (χ0n) is 8.11. The van der Waals surface area contributed by atoms with Crippen molar-refractivity contribution >= 4 is 5.69 Å². The molecule has 0 saturated carbocycles. The first-order valence-electron chi connectivity index (χ1n) is 4.98. The third kappa shape index (κ3) is 2.39. The number of nitrogens with two attached hydrogens (primary N) is 1. The molecule has 2 rings (SSSR count). The van der Waals surface area contributed by atoms with Crippen molar-refractivity contribution in [2.75, 3.05) is 12.3 Å². The number of nitrogen functional groups attached to an aromatic ring is 1. The van der Waals surface area contributed by atoms with Crippen molar-refractivity contribution in [1.29, 1.82) is 0 Å². The fourth-order valence-electron chi connectivity index (χ4n) is 1.50. The molecular formula is C11H15NO2.